The lowest BCUT2D eigenvalue weighted by Crippen LogP contribution is -2.50. The lowest BCUT2D eigenvalue weighted by molar-refractivity contribution is -0.144. The van der Waals surface area contributed by atoms with Crippen LogP contribution in [-0.2, 0) is 22.7 Å². The average molecular weight is 383 g/mol. The Morgan fingerprint density at radius 1 is 1.11 bits per heavy atom. The predicted octanol–water partition coefficient (Wildman–Crippen LogP) is 2.43. The highest BCUT2D eigenvalue weighted by atomic mass is 16.3. The molecule has 2 aliphatic rings. The molecule has 1 aromatic heterocycles. The molecule has 0 bridgehead atoms. The predicted molar refractivity (Wildman–Crippen MR) is 103 cm³/mol. The summed E-state index contributed by atoms with van der Waals surface area (Å²) in [6, 6.07) is 7.62. The van der Waals surface area contributed by atoms with E-state index in [2.05, 4.69) is 5.32 Å². The van der Waals surface area contributed by atoms with E-state index in [-0.39, 0.29) is 42.4 Å². The molecular weight excluding hydrogens is 358 g/mol. The standard InChI is InChI=1S/C21H25N3O4/c25-17-9-8-14(11-18(17)26)12-24-19(27)13-23-10-4-7-16(23)20(24)21(28)22-15-5-2-1-3-6-15/h4,7-11,15,20,25-26H,1-3,5-6,12-13H2,(H,22,28). The SMILES string of the molecule is O=C(NC1CCCCC1)C1c2cccn2CC(=O)N1Cc1ccc(O)c(O)c1. The van der Waals surface area contributed by atoms with Gasteiger partial charge in [-0.1, -0.05) is 25.3 Å². The monoisotopic (exact) mass is 383 g/mol. The van der Waals surface area contributed by atoms with Gasteiger partial charge in [0, 0.05) is 18.8 Å². The van der Waals surface area contributed by atoms with Gasteiger partial charge in [-0.25, -0.2) is 0 Å². The van der Waals surface area contributed by atoms with Crippen LogP contribution < -0.4 is 5.32 Å². The maximum absolute atomic E-state index is 13.2. The number of hydrogen-bond acceptors (Lipinski definition) is 4. The number of nitrogens with zero attached hydrogens (tertiary/aromatic N) is 2. The molecular formula is C21H25N3O4. The molecule has 28 heavy (non-hydrogen) atoms. The number of phenolic OH excluding ortho intramolecular Hbond substituents is 2. The van der Waals surface area contributed by atoms with Crippen molar-refractivity contribution < 1.29 is 19.8 Å². The summed E-state index contributed by atoms with van der Waals surface area (Å²) in [5.41, 5.74) is 1.44. The first-order chi connectivity index (χ1) is 13.5. The molecule has 0 spiro atoms. The van der Waals surface area contributed by atoms with Gasteiger partial charge in [-0.05, 0) is 42.7 Å². The summed E-state index contributed by atoms with van der Waals surface area (Å²) in [6.07, 6.45) is 7.19. The van der Waals surface area contributed by atoms with E-state index in [9.17, 15) is 19.8 Å². The summed E-state index contributed by atoms with van der Waals surface area (Å²) < 4.78 is 1.82. The van der Waals surface area contributed by atoms with Crippen molar-refractivity contribution >= 4 is 11.8 Å². The molecule has 148 valence electrons. The minimum atomic E-state index is -0.714. The Kier molecular flexibility index (Phi) is 4.98. The normalized spacial score (nSPS) is 20.1. The molecule has 3 N–H and O–H groups in total. The number of nitrogens with one attached hydrogen (secondary N) is 1. The van der Waals surface area contributed by atoms with E-state index in [0.717, 1.165) is 31.4 Å². The first-order valence-electron chi connectivity index (χ1n) is 9.78. The topological polar surface area (TPSA) is 94.8 Å². The highest BCUT2D eigenvalue weighted by Gasteiger charge is 2.38. The first kappa shape index (κ1) is 18.4. The molecule has 1 saturated carbocycles. The molecule has 1 aliphatic carbocycles. The highest BCUT2D eigenvalue weighted by molar-refractivity contribution is 5.90. The van der Waals surface area contributed by atoms with E-state index in [4.69, 9.17) is 0 Å². The summed E-state index contributed by atoms with van der Waals surface area (Å²) in [5, 5.41) is 22.4. The zero-order valence-corrected chi connectivity index (χ0v) is 15.7. The van der Waals surface area contributed by atoms with Crippen molar-refractivity contribution in [3.05, 3.63) is 47.8 Å². The van der Waals surface area contributed by atoms with Crippen LogP contribution in [0.25, 0.3) is 0 Å². The maximum atomic E-state index is 13.2. The number of carbonyl (C=O) groups excluding carboxylic acids is 2. The van der Waals surface area contributed by atoms with E-state index in [1.807, 2.05) is 22.9 Å². The van der Waals surface area contributed by atoms with Gasteiger partial charge in [0.05, 0.1) is 5.69 Å². The number of amides is 2. The van der Waals surface area contributed by atoms with Crippen LogP contribution >= 0.6 is 0 Å². The molecule has 1 unspecified atom stereocenters. The van der Waals surface area contributed by atoms with Gasteiger partial charge < -0.3 is 25.0 Å². The lowest BCUT2D eigenvalue weighted by atomic mass is 9.95. The summed E-state index contributed by atoms with van der Waals surface area (Å²) in [7, 11) is 0. The molecule has 7 heteroatoms. The zero-order chi connectivity index (χ0) is 19.7. The van der Waals surface area contributed by atoms with E-state index in [0.29, 0.717) is 5.56 Å². The van der Waals surface area contributed by atoms with Crippen LogP contribution in [0, 0.1) is 0 Å². The Hall–Kier alpha value is -2.96. The van der Waals surface area contributed by atoms with Crippen LogP contribution in [-0.4, -0.2) is 37.5 Å². The number of fused-ring (bicyclic) bond motifs is 1. The van der Waals surface area contributed by atoms with Gasteiger partial charge in [0.25, 0.3) is 0 Å². The van der Waals surface area contributed by atoms with Crippen molar-refractivity contribution in [1.29, 1.82) is 0 Å². The fourth-order valence-electron chi connectivity index (χ4n) is 4.21. The van der Waals surface area contributed by atoms with Crippen molar-refractivity contribution in [2.75, 3.05) is 0 Å². The molecule has 0 radical (unpaired) electrons. The zero-order valence-electron chi connectivity index (χ0n) is 15.7. The van der Waals surface area contributed by atoms with Gasteiger partial charge in [-0.2, -0.15) is 0 Å². The lowest BCUT2D eigenvalue weighted by Gasteiger charge is -2.37. The third-order valence-electron chi connectivity index (χ3n) is 5.68. The van der Waals surface area contributed by atoms with Crippen LogP contribution in [0.5, 0.6) is 11.5 Å². The Labute approximate surface area is 163 Å². The van der Waals surface area contributed by atoms with E-state index in [1.54, 1.807) is 11.0 Å². The molecule has 2 aromatic rings. The molecule has 4 rings (SSSR count). The van der Waals surface area contributed by atoms with Crippen molar-refractivity contribution in [3.8, 4) is 11.5 Å². The molecule has 2 heterocycles. The van der Waals surface area contributed by atoms with Gasteiger partial charge in [0.15, 0.2) is 17.5 Å². The van der Waals surface area contributed by atoms with E-state index >= 15 is 0 Å². The van der Waals surface area contributed by atoms with Crippen molar-refractivity contribution in [2.24, 2.45) is 0 Å². The van der Waals surface area contributed by atoms with Crippen LogP contribution in [0.3, 0.4) is 0 Å². The number of rotatable bonds is 4. The average Bonchev–Trinajstić information content (AvgIpc) is 3.13. The van der Waals surface area contributed by atoms with Gasteiger partial charge in [-0.15, -0.1) is 0 Å². The Balaban J connectivity index is 1.61. The third kappa shape index (κ3) is 3.56. The molecule has 1 aliphatic heterocycles. The Morgan fingerprint density at radius 3 is 2.64 bits per heavy atom. The quantitative estimate of drug-likeness (QED) is 0.707. The second kappa shape index (κ2) is 7.58. The summed E-state index contributed by atoms with van der Waals surface area (Å²) in [5.74, 6) is -0.773. The van der Waals surface area contributed by atoms with Gasteiger partial charge >= 0.3 is 0 Å². The van der Waals surface area contributed by atoms with Gasteiger partial charge in [0.1, 0.15) is 6.54 Å². The highest BCUT2D eigenvalue weighted by Crippen LogP contribution is 2.31. The second-order valence-electron chi connectivity index (χ2n) is 7.65. The molecule has 0 saturated heterocycles. The first-order valence-corrected chi connectivity index (χ1v) is 9.78. The fourth-order valence-corrected chi connectivity index (χ4v) is 4.21. The van der Waals surface area contributed by atoms with Crippen LogP contribution in [0.15, 0.2) is 36.5 Å². The second-order valence-corrected chi connectivity index (χ2v) is 7.65. The van der Waals surface area contributed by atoms with Gasteiger partial charge in [-0.3, -0.25) is 9.59 Å². The third-order valence-corrected chi connectivity index (χ3v) is 5.68. The largest absolute Gasteiger partial charge is 0.504 e. The Bertz CT molecular complexity index is 886. The summed E-state index contributed by atoms with van der Waals surface area (Å²) >= 11 is 0. The van der Waals surface area contributed by atoms with Crippen LogP contribution in [0.4, 0.5) is 0 Å². The molecule has 1 atom stereocenters. The van der Waals surface area contributed by atoms with Crippen molar-refractivity contribution in [3.63, 3.8) is 0 Å². The number of benzene rings is 1. The smallest absolute Gasteiger partial charge is 0.249 e. The van der Waals surface area contributed by atoms with Crippen molar-refractivity contribution in [1.82, 2.24) is 14.8 Å². The fraction of sp³-hybridized carbons (Fsp3) is 0.429. The summed E-state index contributed by atoms with van der Waals surface area (Å²) in [4.78, 5) is 27.6. The maximum Gasteiger partial charge on any atom is 0.249 e. The number of hydrogen-bond donors (Lipinski definition) is 3. The van der Waals surface area contributed by atoms with E-state index in [1.165, 1.54) is 18.6 Å². The molecule has 2 amide bonds. The minimum Gasteiger partial charge on any atom is -0.504 e. The molecule has 7 nitrogen and oxygen atoms in total. The van der Waals surface area contributed by atoms with E-state index < -0.39 is 6.04 Å². The molecule has 1 aromatic carbocycles. The number of aromatic nitrogens is 1. The minimum absolute atomic E-state index is 0.153. The number of aromatic hydroxyl groups is 2. The summed E-state index contributed by atoms with van der Waals surface area (Å²) in [6.45, 7) is 0.361. The van der Waals surface area contributed by atoms with Crippen molar-refractivity contribution in [2.45, 2.75) is 57.3 Å². The number of phenols is 2. The van der Waals surface area contributed by atoms with Crippen LogP contribution in [0.1, 0.15) is 49.4 Å². The number of carbonyl (C=O) groups is 2. The Morgan fingerprint density at radius 2 is 1.89 bits per heavy atom. The van der Waals surface area contributed by atoms with Crippen LogP contribution in [0.2, 0.25) is 0 Å². The molecule has 1 fully saturated rings. The van der Waals surface area contributed by atoms with Gasteiger partial charge in [0.2, 0.25) is 11.8 Å².